The van der Waals surface area contributed by atoms with Gasteiger partial charge in [-0.05, 0) is 53.0 Å². The Labute approximate surface area is 124 Å². The van der Waals surface area contributed by atoms with Crippen LogP contribution in [0.5, 0.6) is 0 Å². The minimum absolute atomic E-state index is 0.0988. The van der Waals surface area contributed by atoms with E-state index in [1.54, 1.807) is 0 Å². The van der Waals surface area contributed by atoms with Crippen molar-refractivity contribution >= 4 is 5.97 Å². The lowest BCUT2D eigenvalue weighted by Gasteiger charge is -2.39. The number of nitrogens with zero attached hydrogens (tertiary/aromatic N) is 1. The Morgan fingerprint density at radius 3 is 2.50 bits per heavy atom. The molecule has 0 aromatic carbocycles. The summed E-state index contributed by atoms with van der Waals surface area (Å²) < 4.78 is 5.17. The number of rotatable bonds is 8. The van der Waals surface area contributed by atoms with Gasteiger partial charge in [0.1, 0.15) is 6.04 Å². The van der Waals surface area contributed by atoms with Crippen LogP contribution < -0.4 is 5.32 Å². The maximum absolute atomic E-state index is 12.0. The van der Waals surface area contributed by atoms with Gasteiger partial charge in [-0.3, -0.25) is 9.69 Å². The molecule has 1 unspecified atom stereocenters. The van der Waals surface area contributed by atoms with Gasteiger partial charge in [-0.25, -0.2) is 0 Å². The van der Waals surface area contributed by atoms with Crippen molar-refractivity contribution in [3.63, 3.8) is 0 Å². The minimum atomic E-state index is -0.156. The number of hydrogen-bond donors (Lipinski definition) is 1. The minimum Gasteiger partial charge on any atom is -0.465 e. The Hall–Kier alpha value is -0.610. The third kappa shape index (κ3) is 5.41. The SMILES string of the molecule is CCCNC(CCN1[C@H](C)CCC[C@@H]1C)C(=O)OCC. The fourth-order valence-corrected chi connectivity index (χ4v) is 3.06. The number of carbonyl (C=O) groups is 1. The summed E-state index contributed by atoms with van der Waals surface area (Å²) in [5.41, 5.74) is 0. The van der Waals surface area contributed by atoms with Crippen LogP contribution in [-0.2, 0) is 9.53 Å². The average molecular weight is 284 g/mol. The average Bonchev–Trinajstić information content (AvgIpc) is 2.41. The molecule has 1 saturated heterocycles. The summed E-state index contributed by atoms with van der Waals surface area (Å²) in [5.74, 6) is -0.0988. The summed E-state index contributed by atoms with van der Waals surface area (Å²) in [6.45, 7) is 10.9. The van der Waals surface area contributed by atoms with Gasteiger partial charge in [0.2, 0.25) is 0 Å². The first-order chi connectivity index (χ1) is 9.60. The largest absolute Gasteiger partial charge is 0.465 e. The molecule has 0 aliphatic carbocycles. The van der Waals surface area contributed by atoms with Crippen LogP contribution in [0.1, 0.15) is 59.8 Å². The molecule has 0 aromatic heterocycles. The molecule has 1 N–H and O–H groups in total. The first-order valence-corrected chi connectivity index (χ1v) is 8.25. The maximum atomic E-state index is 12.0. The van der Waals surface area contributed by atoms with E-state index in [4.69, 9.17) is 4.74 Å². The molecule has 0 radical (unpaired) electrons. The lowest BCUT2D eigenvalue weighted by molar-refractivity contribution is -0.146. The molecule has 0 spiro atoms. The first-order valence-electron chi connectivity index (χ1n) is 8.25. The molecule has 1 rings (SSSR count). The zero-order valence-electron chi connectivity index (χ0n) is 13.7. The molecule has 1 fully saturated rings. The smallest absolute Gasteiger partial charge is 0.323 e. The van der Waals surface area contributed by atoms with Crippen LogP contribution in [0.25, 0.3) is 0 Å². The number of hydrogen-bond acceptors (Lipinski definition) is 4. The van der Waals surface area contributed by atoms with Gasteiger partial charge >= 0.3 is 5.97 Å². The number of esters is 1. The zero-order chi connectivity index (χ0) is 15.0. The van der Waals surface area contributed by atoms with Gasteiger partial charge in [-0.1, -0.05) is 13.3 Å². The van der Waals surface area contributed by atoms with Gasteiger partial charge in [0.15, 0.2) is 0 Å². The summed E-state index contributed by atoms with van der Waals surface area (Å²) in [6.07, 6.45) is 5.75. The molecule has 0 saturated carbocycles. The highest BCUT2D eigenvalue weighted by molar-refractivity contribution is 5.75. The van der Waals surface area contributed by atoms with Crippen molar-refractivity contribution in [3.8, 4) is 0 Å². The summed E-state index contributed by atoms with van der Waals surface area (Å²) in [7, 11) is 0. The molecular weight excluding hydrogens is 252 g/mol. The van der Waals surface area contributed by atoms with Crippen molar-refractivity contribution in [2.75, 3.05) is 19.7 Å². The molecule has 0 amide bonds. The maximum Gasteiger partial charge on any atom is 0.323 e. The fraction of sp³-hybridized carbons (Fsp3) is 0.938. The van der Waals surface area contributed by atoms with Crippen molar-refractivity contribution in [2.24, 2.45) is 0 Å². The second-order valence-electron chi connectivity index (χ2n) is 5.91. The van der Waals surface area contributed by atoms with E-state index in [0.717, 1.165) is 25.9 Å². The highest BCUT2D eigenvalue weighted by Crippen LogP contribution is 2.22. The highest BCUT2D eigenvalue weighted by Gasteiger charge is 2.27. The van der Waals surface area contributed by atoms with Crippen LogP contribution in [0.3, 0.4) is 0 Å². The summed E-state index contributed by atoms with van der Waals surface area (Å²) in [6, 6.07) is 1.11. The molecule has 0 aromatic rings. The first kappa shape index (κ1) is 17.4. The third-order valence-electron chi connectivity index (χ3n) is 4.26. The second kappa shape index (κ2) is 9.35. The van der Waals surface area contributed by atoms with Crippen molar-refractivity contribution in [1.82, 2.24) is 10.2 Å². The van der Waals surface area contributed by atoms with Crippen molar-refractivity contribution < 1.29 is 9.53 Å². The quantitative estimate of drug-likeness (QED) is 0.696. The van der Waals surface area contributed by atoms with E-state index in [-0.39, 0.29) is 12.0 Å². The molecule has 20 heavy (non-hydrogen) atoms. The van der Waals surface area contributed by atoms with Crippen LogP contribution in [0, 0.1) is 0 Å². The van der Waals surface area contributed by atoms with Crippen LogP contribution in [0.4, 0.5) is 0 Å². The Kier molecular flexibility index (Phi) is 8.15. The van der Waals surface area contributed by atoms with E-state index in [0.29, 0.717) is 18.7 Å². The number of carbonyl (C=O) groups excluding carboxylic acids is 1. The van der Waals surface area contributed by atoms with Gasteiger partial charge < -0.3 is 10.1 Å². The predicted molar refractivity (Wildman–Crippen MR) is 82.8 cm³/mol. The Balaban J connectivity index is 2.49. The number of piperidine rings is 1. The van der Waals surface area contributed by atoms with Gasteiger partial charge in [0.25, 0.3) is 0 Å². The Bertz CT molecular complexity index is 274. The van der Waals surface area contributed by atoms with E-state index in [1.807, 2.05) is 6.92 Å². The van der Waals surface area contributed by atoms with Crippen LogP contribution in [0.2, 0.25) is 0 Å². The van der Waals surface area contributed by atoms with Crippen molar-refractivity contribution in [1.29, 1.82) is 0 Å². The predicted octanol–water partition coefficient (Wildman–Crippen LogP) is 2.57. The van der Waals surface area contributed by atoms with E-state index >= 15 is 0 Å². The van der Waals surface area contributed by atoms with Crippen LogP contribution in [-0.4, -0.2) is 48.7 Å². The molecule has 4 nitrogen and oxygen atoms in total. The van der Waals surface area contributed by atoms with Crippen LogP contribution >= 0.6 is 0 Å². The summed E-state index contributed by atoms with van der Waals surface area (Å²) >= 11 is 0. The van der Waals surface area contributed by atoms with Gasteiger partial charge in [-0.15, -0.1) is 0 Å². The van der Waals surface area contributed by atoms with Crippen molar-refractivity contribution in [3.05, 3.63) is 0 Å². The van der Waals surface area contributed by atoms with E-state index in [9.17, 15) is 4.79 Å². The summed E-state index contributed by atoms with van der Waals surface area (Å²) in [5, 5.41) is 3.32. The van der Waals surface area contributed by atoms with E-state index in [1.165, 1.54) is 19.3 Å². The van der Waals surface area contributed by atoms with Crippen LogP contribution in [0.15, 0.2) is 0 Å². The fourth-order valence-electron chi connectivity index (χ4n) is 3.06. The molecule has 3 atom stereocenters. The third-order valence-corrected chi connectivity index (χ3v) is 4.26. The Morgan fingerprint density at radius 1 is 1.30 bits per heavy atom. The monoisotopic (exact) mass is 284 g/mol. The lowest BCUT2D eigenvalue weighted by Crippen LogP contribution is -2.47. The number of likely N-dealkylation sites (tertiary alicyclic amines) is 1. The zero-order valence-corrected chi connectivity index (χ0v) is 13.7. The van der Waals surface area contributed by atoms with E-state index < -0.39 is 0 Å². The molecule has 1 heterocycles. The topological polar surface area (TPSA) is 41.6 Å². The standard InChI is InChI=1S/C16H32N2O2/c1-5-11-17-15(16(19)20-6-2)10-12-18-13(3)8-7-9-14(18)4/h13-15,17H,5-12H2,1-4H3/t13-,14+,15?. The lowest BCUT2D eigenvalue weighted by atomic mass is 9.97. The van der Waals surface area contributed by atoms with Gasteiger partial charge in [0.05, 0.1) is 6.61 Å². The molecule has 1 aliphatic heterocycles. The highest BCUT2D eigenvalue weighted by atomic mass is 16.5. The summed E-state index contributed by atoms with van der Waals surface area (Å²) in [4.78, 5) is 14.5. The normalized spacial score (nSPS) is 25.4. The molecular formula is C16H32N2O2. The molecule has 0 bridgehead atoms. The molecule has 118 valence electrons. The number of ether oxygens (including phenoxy) is 1. The van der Waals surface area contributed by atoms with Crippen molar-refractivity contribution in [2.45, 2.75) is 77.9 Å². The molecule has 4 heteroatoms. The molecule has 1 aliphatic rings. The van der Waals surface area contributed by atoms with E-state index in [2.05, 4.69) is 31.0 Å². The van der Waals surface area contributed by atoms with Gasteiger partial charge in [0, 0.05) is 18.6 Å². The van der Waals surface area contributed by atoms with Gasteiger partial charge in [-0.2, -0.15) is 0 Å². The second-order valence-corrected chi connectivity index (χ2v) is 5.91. The number of nitrogens with one attached hydrogen (secondary N) is 1. The Morgan fingerprint density at radius 2 is 1.95 bits per heavy atom.